The second-order valence-corrected chi connectivity index (χ2v) is 8.62. The zero-order valence-electron chi connectivity index (χ0n) is 15.3. The lowest BCUT2D eigenvalue weighted by Crippen LogP contribution is -2.48. The molecule has 2 fully saturated rings. The fraction of sp³-hybridized carbons (Fsp3) is 0.526. The number of piperidine rings is 1. The molecule has 2 aliphatic rings. The first kappa shape index (κ1) is 18.9. The SMILES string of the molecule is C[C@@H]1C[C@H](C)CN(C(=O)CN2C(=O)N[C@](C)(c3cccc(Br)c3)C2=O)C1. The van der Waals surface area contributed by atoms with Gasteiger partial charge in [0, 0.05) is 17.6 Å². The van der Waals surface area contributed by atoms with E-state index in [1.165, 1.54) is 0 Å². The maximum absolute atomic E-state index is 13.0. The Bertz CT molecular complexity index is 743. The van der Waals surface area contributed by atoms with Crippen molar-refractivity contribution in [3.05, 3.63) is 34.3 Å². The van der Waals surface area contributed by atoms with E-state index >= 15 is 0 Å². The monoisotopic (exact) mass is 421 g/mol. The summed E-state index contributed by atoms with van der Waals surface area (Å²) in [6.07, 6.45) is 1.09. The molecule has 6 nitrogen and oxygen atoms in total. The van der Waals surface area contributed by atoms with Crippen LogP contribution in [0.25, 0.3) is 0 Å². The van der Waals surface area contributed by atoms with Crippen LogP contribution in [0.1, 0.15) is 32.8 Å². The van der Waals surface area contributed by atoms with Gasteiger partial charge >= 0.3 is 6.03 Å². The lowest BCUT2D eigenvalue weighted by atomic mass is 9.91. The van der Waals surface area contributed by atoms with Gasteiger partial charge in [-0.1, -0.05) is 41.9 Å². The summed E-state index contributed by atoms with van der Waals surface area (Å²) in [6, 6.07) is 6.74. The quantitative estimate of drug-likeness (QED) is 0.762. The van der Waals surface area contributed by atoms with E-state index in [2.05, 4.69) is 35.1 Å². The minimum absolute atomic E-state index is 0.176. The number of carbonyl (C=O) groups is 3. The highest BCUT2D eigenvalue weighted by Gasteiger charge is 2.49. The zero-order chi connectivity index (χ0) is 19.1. The van der Waals surface area contributed by atoms with Gasteiger partial charge in [0.15, 0.2) is 0 Å². The van der Waals surface area contributed by atoms with Crippen LogP contribution in [-0.2, 0) is 15.1 Å². The Kier molecular flexibility index (Phi) is 5.10. The lowest BCUT2D eigenvalue weighted by molar-refractivity contribution is -0.140. The number of carbonyl (C=O) groups excluding carboxylic acids is 3. The number of rotatable bonds is 3. The second-order valence-electron chi connectivity index (χ2n) is 7.70. The summed E-state index contributed by atoms with van der Waals surface area (Å²) in [7, 11) is 0. The van der Waals surface area contributed by atoms with Crippen molar-refractivity contribution < 1.29 is 14.4 Å². The summed E-state index contributed by atoms with van der Waals surface area (Å²) in [5.41, 5.74) is -0.482. The Morgan fingerprint density at radius 1 is 1.27 bits per heavy atom. The molecule has 26 heavy (non-hydrogen) atoms. The largest absolute Gasteiger partial charge is 0.341 e. The number of hydrogen-bond acceptors (Lipinski definition) is 3. The van der Waals surface area contributed by atoms with Crippen LogP contribution in [0.15, 0.2) is 28.7 Å². The molecule has 1 aromatic rings. The smallest absolute Gasteiger partial charge is 0.325 e. The van der Waals surface area contributed by atoms with Crippen LogP contribution >= 0.6 is 15.9 Å². The van der Waals surface area contributed by atoms with E-state index in [1.54, 1.807) is 24.0 Å². The third kappa shape index (κ3) is 3.49. The van der Waals surface area contributed by atoms with Gasteiger partial charge in [-0.2, -0.15) is 0 Å². The van der Waals surface area contributed by atoms with Crippen LogP contribution in [0, 0.1) is 11.8 Å². The molecular weight excluding hydrogens is 398 g/mol. The normalized spacial score (nSPS) is 29.1. The molecule has 0 saturated carbocycles. The van der Waals surface area contributed by atoms with Crippen LogP contribution in [0.5, 0.6) is 0 Å². The molecule has 3 atom stereocenters. The zero-order valence-corrected chi connectivity index (χ0v) is 16.9. The molecule has 0 unspecified atom stereocenters. The van der Waals surface area contributed by atoms with Gasteiger partial charge in [-0.25, -0.2) is 4.79 Å². The summed E-state index contributed by atoms with van der Waals surface area (Å²) >= 11 is 3.39. The third-order valence-electron chi connectivity index (χ3n) is 5.19. The number of urea groups is 1. The number of likely N-dealkylation sites (tertiary alicyclic amines) is 1. The van der Waals surface area contributed by atoms with E-state index in [1.807, 2.05) is 12.1 Å². The first-order chi connectivity index (χ1) is 12.2. The highest BCUT2D eigenvalue weighted by atomic mass is 79.9. The maximum Gasteiger partial charge on any atom is 0.325 e. The van der Waals surface area contributed by atoms with Gasteiger partial charge in [-0.15, -0.1) is 0 Å². The topological polar surface area (TPSA) is 69.7 Å². The number of benzene rings is 1. The van der Waals surface area contributed by atoms with Crippen LogP contribution in [0.3, 0.4) is 0 Å². The molecular formula is C19H24BrN3O3. The van der Waals surface area contributed by atoms with Gasteiger partial charge in [-0.3, -0.25) is 14.5 Å². The summed E-state index contributed by atoms with van der Waals surface area (Å²) < 4.78 is 0.823. The molecule has 1 aromatic carbocycles. The molecule has 0 radical (unpaired) electrons. The Morgan fingerprint density at radius 2 is 1.92 bits per heavy atom. The van der Waals surface area contributed by atoms with Gasteiger partial charge in [0.2, 0.25) is 5.91 Å². The predicted molar refractivity (Wildman–Crippen MR) is 101 cm³/mol. The molecule has 0 bridgehead atoms. The van der Waals surface area contributed by atoms with Crippen molar-refractivity contribution in [2.45, 2.75) is 32.7 Å². The van der Waals surface area contributed by atoms with Crippen molar-refractivity contribution in [1.82, 2.24) is 15.1 Å². The first-order valence-electron chi connectivity index (χ1n) is 8.88. The molecule has 2 saturated heterocycles. The fourth-order valence-electron chi connectivity index (χ4n) is 3.94. The molecule has 0 aromatic heterocycles. The molecule has 7 heteroatoms. The molecule has 2 heterocycles. The van der Waals surface area contributed by atoms with Crippen molar-refractivity contribution >= 4 is 33.8 Å². The number of amides is 4. The first-order valence-corrected chi connectivity index (χ1v) is 9.68. The average Bonchev–Trinajstić information content (AvgIpc) is 2.78. The summed E-state index contributed by atoms with van der Waals surface area (Å²) in [6.45, 7) is 7.05. The van der Waals surface area contributed by atoms with Gasteiger partial charge in [0.1, 0.15) is 12.1 Å². The Labute approximate surface area is 162 Å². The molecule has 0 aliphatic carbocycles. The average molecular weight is 422 g/mol. The van der Waals surface area contributed by atoms with E-state index in [0.29, 0.717) is 30.5 Å². The van der Waals surface area contributed by atoms with E-state index in [-0.39, 0.29) is 12.5 Å². The van der Waals surface area contributed by atoms with Crippen molar-refractivity contribution in [2.24, 2.45) is 11.8 Å². The maximum atomic E-state index is 13.0. The second kappa shape index (κ2) is 7.02. The van der Waals surface area contributed by atoms with E-state index in [9.17, 15) is 14.4 Å². The van der Waals surface area contributed by atoms with Crippen LogP contribution in [0.2, 0.25) is 0 Å². The van der Waals surface area contributed by atoms with Crippen LogP contribution in [0.4, 0.5) is 4.79 Å². The Balaban J connectivity index is 1.76. The van der Waals surface area contributed by atoms with Crippen molar-refractivity contribution in [1.29, 1.82) is 0 Å². The summed E-state index contributed by atoms with van der Waals surface area (Å²) in [4.78, 5) is 40.9. The number of imide groups is 1. The van der Waals surface area contributed by atoms with Crippen LogP contribution < -0.4 is 5.32 Å². The number of nitrogens with zero attached hydrogens (tertiary/aromatic N) is 2. The van der Waals surface area contributed by atoms with Crippen molar-refractivity contribution in [3.8, 4) is 0 Å². The fourth-order valence-corrected chi connectivity index (χ4v) is 4.34. The minimum Gasteiger partial charge on any atom is -0.341 e. The highest BCUT2D eigenvalue weighted by Crippen LogP contribution is 2.30. The van der Waals surface area contributed by atoms with Crippen molar-refractivity contribution in [2.75, 3.05) is 19.6 Å². The van der Waals surface area contributed by atoms with Crippen molar-refractivity contribution in [3.63, 3.8) is 0 Å². The van der Waals surface area contributed by atoms with Gasteiger partial charge < -0.3 is 10.2 Å². The molecule has 3 rings (SSSR count). The van der Waals surface area contributed by atoms with Gasteiger partial charge in [-0.05, 0) is 42.9 Å². The number of halogens is 1. The molecule has 1 N–H and O–H groups in total. The number of nitrogens with one attached hydrogen (secondary N) is 1. The Hall–Kier alpha value is -1.89. The van der Waals surface area contributed by atoms with E-state index < -0.39 is 17.5 Å². The molecule has 4 amide bonds. The summed E-state index contributed by atoms with van der Waals surface area (Å²) in [5, 5.41) is 2.75. The number of hydrogen-bond donors (Lipinski definition) is 1. The molecule has 140 valence electrons. The summed E-state index contributed by atoms with van der Waals surface area (Å²) in [5.74, 6) is 0.285. The highest BCUT2D eigenvalue weighted by molar-refractivity contribution is 9.10. The third-order valence-corrected chi connectivity index (χ3v) is 5.69. The standard InChI is InChI=1S/C19H24BrN3O3/c1-12-7-13(2)10-22(9-12)16(24)11-23-17(25)19(3,21-18(23)26)14-5-4-6-15(20)8-14/h4-6,8,12-13H,7,9-11H2,1-3H3,(H,21,26)/t12-,13+,19-/m1/s1. The molecule has 2 aliphatic heterocycles. The van der Waals surface area contributed by atoms with Gasteiger partial charge in [0.25, 0.3) is 5.91 Å². The predicted octanol–water partition coefficient (Wildman–Crippen LogP) is 2.72. The Morgan fingerprint density at radius 3 is 2.54 bits per heavy atom. The minimum atomic E-state index is -1.16. The van der Waals surface area contributed by atoms with Crippen LogP contribution in [-0.4, -0.2) is 47.3 Å². The lowest BCUT2D eigenvalue weighted by Gasteiger charge is -2.35. The van der Waals surface area contributed by atoms with E-state index in [0.717, 1.165) is 15.8 Å². The molecule has 0 spiro atoms. The van der Waals surface area contributed by atoms with Gasteiger partial charge in [0.05, 0.1) is 0 Å². The van der Waals surface area contributed by atoms with E-state index in [4.69, 9.17) is 0 Å².